The summed E-state index contributed by atoms with van der Waals surface area (Å²) in [4.78, 5) is 7.18. The van der Waals surface area contributed by atoms with Gasteiger partial charge in [-0.2, -0.15) is 4.99 Å². The number of hydrogen-bond donors (Lipinski definition) is 0. The number of rotatable bonds is 1. The molecular formula is C9H9FN2. The fourth-order valence-electron chi connectivity index (χ4n) is 0.806. The van der Waals surface area contributed by atoms with Crippen LogP contribution in [0.2, 0.25) is 0 Å². The molecule has 62 valence electrons. The monoisotopic (exact) mass is 164 g/mol. The second kappa shape index (κ2) is 3.79. The van der Waals surface area contributed by atoms with Gasteiger partial charge in [-0.3, -0.25) is 0 Å². The van der Waals surface area contributed by atoms with E-state index in [-0.39, 0.29) is 11.5 Å². The van der Waals surface area contributed by atoms with E-state index >= 15 is 0 Å². The maximum absolute atomic E-state index is 13.0. The van der Waals surface area contributed by atoms with Crippen LogP contribution in [-0.2, 0) is 0 Å². The van der Waals surface area contributed by atoms with Crippen LogP contribution in [0.4, 0.5) is 10.1 Å². The molecule has 1 rings (SSSR count). The second-order valence-electron chi connectivity index (χ2n) is 2.39. The van der Waals surface area contributed by atoms with Crippen molar-refractivity contribution in [1.82, 2.24) is 0 Å². The van der Waals surface area contributed by atoms with Crippen LogP contribution >= 0.6 is 0 Å². The molecule has 0 aliphatic heterocycles. The summed E-state index contributed by atoms with van der Waals surface area (Å²) in [5.41, 5.74) is 1.14. The molecule has 12 heavy (non-hydrogen) atoms. The van der Waals surface area contributed by atoms with Gasteiger partial charge in [0.1, 0.15) is 11.5 Å². The average Bonchev–Trinajstić information content (AvgIpc) is 2.03. The zero-order valence-corrected chi connectivity index (χ0v) is 7.00. The summed E-state index contributed by atoms with van der Waals surface area (Å²) in [7, 11) is 1.54. The normalized spacial score (nSPS) is 8.92. The van der Waals surface area contributed by atoms with Gasteiger partial charge in [-0.15, -0.1) is 0 Å². The van der Waals surface area contributed by atoms with Crippen LogP contribution in [0.1, 0.15) is 5.56 Å². The zero-order chi connectivity index (χ0) is 8.97. The lowest BCUT2D eigenvalue weighted by Gasteiger charge is -1.94. The number of aliphatic imine (C=N–C) groups is 2. The van der Waals surface area contributed by atoms with Gasteiger partial charge >= 0.3 is 0 Å². The molecule has 0 atom stereocenters. The third kappa shape index (κ3) is 2.01. The summed E-state index contributed by atoms with van der Waals surface area (Å²) in [6.45, 7) is 1.82. The van der Waals surface area contributed by atoms with E-state index in [1.807, 2.05) is 6.92 Å². The molecular weight excluding hydrogens is 155 g/mol. The number of nitrogens with zero attached hydrogens (tertiary/aromatic N) is 2. The van der Waals surface area contributed by atoms with E-state index in [1.54, 1.807) is 12.1 Å². The first-order valence-electron chi connectivity index (χ1n) is 3.55. The molecule has 0 unspecified atom stereocenters. The first-order chi connectivity index (χ1) is 5.74. The molecule has 0 fully saturated rings. The summed E-state index contributed by atoms with van der Waals surface area (Å²) in [6.07, 6.45) is 0. The Kier molecular flexibility index (Phi) is 2.72. The van der Waals surface area contributed by atoms with Crippen LogP contribution in [-0.4, -0.2) is 13.1 Å². The van der Waals surface area contributed by atoms with Crippen molar-refractivity contribution in [3.8, 4) is 0 Å². The predicted molar refractivity (Wildman–Crippen MR) is 46.6 cm³/mol. The molecule has 0 radical (unpaired) electrons. The SMILES string of the molecule is CN=C=Nc1ccc(C)cc1F. The van der Waals surface area contributed by atoms with Crippen LogP contribution in [0.15, 0.2) is 28.2 Å². The summed E-state index contributed by atoms with van der Waals surface area (Å²) < 4.78 is 13.0. The number of hydrogen-bond acceptors (Lipinski definition) is 2. The van der Waals surface area contributed by atoms with E-state index in [0.717, 1.165) is 5.56 Å². The molecule has 0 spiro atoms. The van der Waals surface area contributed by atoms with Gasteiger partial charge in [-0.1, -0.05) is 6.07 Å². The van der Waals surface area contributed by atoms with Crippen molar-refractivity contribution < 1.29 is 4.39 Å². The molecule has 1 aromatic rings. The van der Waals surface area contributed by atoms with Crippen LogP contribution in [0.3, 0.4) is 0 Å². The zero-order valence-electron chi connectivity index (χ0n) is 7.00. The lowest BCUT2D eigenvalue weighted by atomic mass is 10.2. The fourth-order valence-corrected chi connectivity index (χ4v) is 0.806. The number of benzene rings is 1. The Morgan fingerprint density at radius 3 is 2.75 bits per heavy atom. The van der Waals surface area contributed by atoms with E-state index in [4.69, 9.17) is 0 Å². The fraction of sp³-hybridized carbons (Fsp3) is 0.222. The molecule has 0 aromatic heterocycles. The highest BCUT2D eigenvalue weighted by atomic mass is 19.1. The Labute approximate surface area is 70.5 Å². The summed E-state index contributed by atoms with van der Waals surface area (Å²) in [6, 6.07) is 7.15. The van der Waals surface area contributed by atoms with Gasteiger partial charge in [-0.25, -0.2) is 9.38 Å². The Morgan fingerprint density at radius 2 is 2.17 bits per heavy atom. The third-order valence-electron chi connectivity index (χ3n) is 1.37. The standard InChI is InChI=1S/C9H9FN2/c1-7-3-4-9(8(10)5-7)12-6-11-2/h3-5H,1-2H3. The Balaban J connectivity index is 3.10. The smallest absolute Gasteiger partial charge is 0.149 e. The summed E-state index contributed by atoms with van der Waals surface area (Å²) in [5, 5.41) is 0. The summed E-state index contributed by atoms with van der Waals surface area (Å²) in [5.74, 6) is -0.342. The quantitative estimate of drug-likeness (QED) is 0.570. The van der Waals surface area contributed by atoms with E-state index in [2.05, 4.69) is 16.0 Å². The Bertz CT molecular complexity index is 338. The first kappa shape index (κ1) is 8.62. The van der Waals surface area contributed by atoms with Crippen molar-refractivity contribution in [2.45, 2.75) is 6.92 Å². The van der Waals surface area contributed by atoms with E-state index in [0.29, 0.717) is 0 Å². The van der Waals surface area contributed by atoms with Crippen molar-refractivity contribution in [3.63, 3.8) is 0 Å². The number of halogens is 1. The molecule has 0 aliphatic carbocycles. The molecule has 0 amide bonds. The third-order valence-corrected chi connectivity index (χ3v) is 1.37. The van der Waals surface area contributed by atoms with Crippen molar-refractivity contribution in [2.75, 3.05) is 7.05 Å². The molecule has 0 bridgehead atoms. The molecule has 0 heterocycles. The summed E-state index contributed by atoms with van der Waals surface area (Å²) >= 11 is 0. The highest BCUT2D eigenvalue weighted by Gasteiger charge is 1.98. The molecule has 3 heteroatoms. The predicted octanol–water partition coefficient (Wildman–Crippen LogP) is 2.57. The van der Waals surface area contributed by atoms with Gasteiger partial charge in [-0.05, 0) is 24.6 Å². The van der Waals surface area contributed by atoms with E-state index in [9.17, 15) is 4.39 Å². The minimum absolute atomic E-state index is 0.270. The minimum Gasteiger partial charge on any atom is -0.229 e. The second-order valence-corrected chi connectivity index (χ2v) is 2.39. The van der Waals surface area contributed by atoms with Crippen LogP contribution in [0, 0.1) is 12.7 Å². The highest BCUT2D eigenvalue weighted by Crippen LogP contribution is 2.17. The largest absolute Gasteiger partial charge is 0.229 e. The maximum atomic E-state index is 13.0. The average molecular weight is 164 g/mol. The minimum atomic E-state index is -0.342. The van der Waals surface area contributed by atoms with Crippen LogP contribution < -0.4 is 0 Å². The Hall–Kier alpha value is -1.47. The topological polar surface area (TPSA) is 24.7 Å². The van der Waals surface area contributed by atoms with E-state index in [1.165, 1.54) is 13.1 Å². The molecule has 0 saturated heterocycles. The van der Waals surface area contributed by atoms with Crippen molar-refractivity contribution >= 4 is 11.7 Å². The van der Waals surface area contributed by atoms with Gasteiger partial charge in [0, 0.05) is 7.05 Å². The van der Waals surface area contributed by atoms with Gasteiger partial charge < -0.3 is 0 Å². The van der Waals surface area contributed by atoms with Gasteiger partial charge in [0.2, 0.25) is 0 Å². The van der Waals surface area contributed by atoms with Gasteiger partial charge in [0.15, 0.2) is 0 Å². The Morgan fingerprint density at radius 1 is 1.42 bits per heavy atom. The molecule has 0 aliphatic rings. The van der Waals surface area contributed by atoms with Crippen LogP contribution in [0.25, 0.3) is 0 Å². The van der Waals surface area contributed by atoms with Crippen molar-refractivity contribution in [3.05, 3.63) is 29.6 Å². The lowest BCUT2D eigenvalue weighted by Crippen LogP contribution is -1.77. The van der Waals surface area contributed by atoms with Gasteiger partial charge in [0.25, 0.3) is 0 Å². The van der Waals surface area contributed by atoms with Crippen LogP contribution in [0.5, 0.6) is 0 Å². The molecule has 1 aromatic carbocycles. The van der Waals surface area contributed by atoms with Crippen molar-refractivity contribution in [2.24, 2.45) is 9.98 Å². The number of aryl methyl sites for hydroxylation is 1. The molecule has 0 saturated carbocycles. The van der Waals surface area contributed by atoms with Crippen molar-refractivity contribution in [1.29, 1.82) is 0 Å². The van der Waals surface area contributed by atoms with E-state index < -0.39 is 0 Å². The molecule has 2 nitrogen and oxygen atoms in total. The first-order valence-corrected chi connectivity index (χ1v) is 3.55. The molecule has 0 N–H and O–H groups in total. The highest BCUT2D eigenvalue weighted by molar-refractivity contribution is 5.53. The van der Waals surface area contributed by atoms with Gasteiger partial charge in [0.05, 0.1) is 6.01 Å². The lowest BCUT2D eigenvalue weighted by molar-refractivity contribution is 0.629. The maximum Gasteiger partial charge on any atom is 0.149 e.